The van der Waals surface area contributed by atoms with Gasteiger partial charge in [-0.15, -0.1) is 0 Å². The summed E-state index contributed by atoms with van der Waals surface area (Å²) in [6.07, 6.45) is 8.68. The van der Waals surface area contributed by atoms with Gasteiger partial charge in [0.15, 0.2) is 5.82 Å². The van der Waals surface area contributed by atoms with E-state index in [9.17, 15) is 4.39 Å². The van der Waals surface area contributed by atoms with Crippen LogP contribution in [0, 0.1) is 12.7 Å². The molecule has 1 aromatic carbocycles. The number of hydrogen-bond donors (Lipinski definition) is 1. The van der Waals surface area contributed by atoms with Gasteiger partial charge in [0, 0.05) is 36.5 Å². The van der Waals surface area contributed by atoms with Gasteiger partial charge in [0.25, 0.3) is 0 Å². The van der Waals surface area contributed by atoms with Crippen LogP contribution < -0.4 is 5.32 Å². The summed E-state index contributed by atoms with van der Waals surface area (Å²) in [6.45, 7) is 11.8. The van der Waals surface area contributed by atoms with Crippen molar-refractivity contribution in [2.75, 3.05) is 31.5 Å². The molecule has 204 valence electrons. The van der Waals surface area contributed by atoms with Gasteiger partial charge in [0.05, 0.1) is 11.2 Å². The van der Waals surface area contributed by atoms with Crippen molar-refractivity contribution < 1.29 is 4.39 Å². The van der Waals surface area contributed by atoms with E-state index in [2.05, 4.69) is 55.0 Å². The minimum atomic E-state index is -0.351. The average Bonchev–Trinajstić information content (AvgIpc) is 3.59. The number of rotatable bonds is 7. The van der Waals surface area contributed by atoms with E-state index in [1.165, 1.54) is 56.7 Å². The van der Waals surface area contributed by atoms with Crippen molar-refractivity contribution in [3.05, 3.63) is 60.1 Å². The number of benzene rings is 1. The van der Waals surface area contributed by atoms with Crippen molar-refractivity contribution in [3.8, 4) is 11.3 Å². The number of aromatic nitrogens is 5. The number of halogens is 1. The molecular formula is C30H37FN8. The number of anilines is 2. The normalized spacial score (nSPS) is 17.5. The molecule has 0 aliphatic carbocycles. The van der Waals surface area contributed by atoms with Crippen LogP contribution in [0.15, 0.2) is 42.9 Å². The predicted octanol–water partition coefficient (Wildman–Crippen LogP) is 5.72. The molecule has 0 saturated carbocycles. The molecule has 4 aromatic rings. The molecule has 39 heavy (non-hydrogen) atoms. The van der Waals surface area contributed by atoms with Crippen molar-refractivity contribution in [1.29, 1.82) is 0 Å². The SMILES string of the molecule is Cc1nc2c(F)cc(-c3cc(Nc4ccc(CN5CCC(N6CCCC6)CC5)cn4)ncn3)cc2n1C(C)C. The number of likely N-dealkylation sites (tertiary alicyclic amines) is 2. The highest BCUT2D eigenvalue weighted by Crippen LogP contribution is 2.30. The third kappa shape index (κ3) is 5.51. The Morgan fingerprint density at radius 3 is 2.49 bits per heavy atom. The molecule has 0 atom stereocenters. The second-order valence-electron chi connectivity index (χ2n) is 11.2. The van der Waals surface area contributed by atoms with Crippen molar-refractivity contribution >= 4 is 22.7 Å². The van der Waals surface area contributed by atoms with Crippen LogP contribution in [0.4, 0.5) is 16.0 Å². The van der Waals surface area contributed by atoms with Gasteiger partial charge in [-0.25, -0.2) is 24.3 Å². The van der Waals surface area contributed by atoms with Crippen LogP contribution >= 0.6 is 0 Å². The number of nitrogens with zero attached hydrogens (tertiary/aromatic N) is 7. The first-order valence-electron chi connectivity index (χ1n) is 14.1. The Morgan fingerprint density at radius 2 is 1.77 bits per heavy atom. The number of aryl methyl sites for hydroxylation is 1. The number of piperidine rings is 1. The highest BCUT2D eigenvalue weighted by Gasteiger charge is 2.26. The maximum absolute atomic E-state index is 15.0. The zero-order valence-corrected chi connectivity index (χ0v) is 23.1. The standard InChI is InChI=1S/C30H37FN8/c1-20(2)39-21(3)35-30-25(31)14-23(15-27(30)39)26-16-29(34-19-33-26)36-28-7-6-22(17-32-28)18-37-12-8-24(9-13-37)38-10-4-5-11-38/h6-7,14-17,19-20,24H,4-5,8-13,18H2,1-3H3,(H,32,33,34,36). The van der Waals surface area contributed by atoms with E-state index in [0.717, 1.165) is 37.0 Å². The quantitative estimate of drug-likeness (QED) is 0.329. The van der Waals surface area contributed by atoms with E-state index >= 15 is 0 Å². The van der Waals surface area contributed by atoms with E-state index < -0.39 is 0 Å². The molecule has 0 amide bonds. The summed E-state index contributed by atoms with van der Waals surface area (Å²) in [5.74, 6) is 1.77. The lowest BCUT2D eigenvalue weighted by molar-refractivity contribution is 0.122. The minimum absolute atomic E-state index is 0.170. The number of nitrogens with one attached hydrogen (secondary N) is 1. The van der Waals surface area contributed by atoms with Gasteiger partial charge in [0.2, 0.25) is 0 Å². The van der Waals surface area contributed by atoms with Gasteiger partial charge in [-0.3, -0.25) is 4.90 Å². The Kier molecular flexibility index (Phi) is 7.27. The Bertz CT molecular complexity index is 1430. The summed E-state index contributed by atoms with van der Waals surface area (Å²) < 4.78 is 17.0. The average molecular weight is 529 g/mol. The molecule has 2 fully saturated rings. The van der Waals surface area contributed by atoms with Gasteiger partial charge in [-0.05, 0) is 96.4 Å². The zero-order chi connectivity index (χ0) is 26.9. The van der Waals surface area contributed by atoms with Crippen LogP contribution in [0.5, 0.6) is 0 Å². The molecule has 0 bridgehead atoms. The van der Waals surface area contributed by atoms with Gasteiger partial charge in [-0.2, -0.15) is 0 Å². The second kappa shape index (κ2) is 11.0. The number of imidazole rings is 1. The fourth-order valence-corrected chi connectivity index (χ4v) is 6.18. The van der Waals surface area contributed by atoms with Crippen LogP contribution in [-0.2, 0) is 6.54 Å². The van der Waals surface area contributed by atoms with E-state index in [1.807, 2.05) is 35.9 Å². The number of hydrogen-bond acceptors (Lipinski definition) is 7. The summed E-state index contributed by atoms with van der Waals surface area (Å²) in [6, 6.07) is 10.3. The summed E-state index contributed by atoms with van der Waals surface area (Å²) in [7, 11) is 0. The Morgan fingerprint density at radius 1 is 0.974 bits per heavy atom. The van der Waals surface area contributed by atoms with Gasteiger partial charge < -0.3 is 14.8 Å². The largest absolute Gasteiger partial charge is 0.326 e. The third-order valence-corrected chi connectivity index (χ3v) is 8.11. The molecule has 0 radical (unpaired) electrons. The lowest BCUT2D eigenvalue weighted by atomic mass is 10.0. The minimum Gasteiger partial charge on any atom is -0.326 e. The smallest absolute Gasteiger partial charge is 0.151 e. The zero-order valence-electron chi connectivity index (χ0n) is 23.1. The molecule has 2 aliphatic rings. The molecule has 1 N–H and O–H groups in total. The second-order valence-corrected chi connectivity index (χ2v) is 11.2. The molecule has 0 unspecified atom stereocenters. The first-order valence-corrected chi connectivity index (χ1v) is 14.1. The molecule has 2 saturated heterocycles. The third-order valence-electron chi connectivity index (χ3n) is 8.11. The van der Waals surface area contributed by atoms with Gasteiger partial charge in [0.1, 0.15) is 29.3 Å². The molecule has 6 rings (SSSR count). The highest BCUT2D eigenvalue weighted by molar-refractivity contribution is 5.83. The molecule has 0 spiro atoms. The first-order chi connectivity index (χ1) is 18.9. The molecular weight excluding hydrogens is 491 g/mol. The molecule has 2 aliphatic heterocycles. The van der Waals surface area contributed by atoms with Crippen molar-refractivity contribution in [2.24, 2.45) is 0 Å². The maximum atomic E-state index is 15.0. The number of fused-ring (bicyclic) bond motifs is 1. The topological polar surface area (TPSA) is 75.0 Å². The van der Waals surface area contributed by atoms with Crippen LogP contribution in [0.25, 0.3) is 22.3 Å². The molecule has 9 heteroatoms. The van der Waals surface area contributed by atoms with E-state index in [-0.39, 0.29) is 11.9 Å². The van der Waals surface area contributed by atoms with Crippen molar-refractivity contribution in [2.45, 2.75) is 65.1 Å². The highest BCUT2D eigenvalue weighted by atomic mass is 19.1. The summed E-state index contributed by atoms with van der Waals surface area (Å²) in [5, 5.41) is 3.27. The van der Waals surface area contributed by atoms with Crippen LogP contribution in [0.2, 0.25) is 0 Å². The lowest BCUT2D eigenvalue weighted by Gasteiger charge is -2.36. The van der Waals surface area contributed by atoms with Crippen molar-refractivity contribution in [3.63, 3.8) is 0 Å². The lowest BCUT2D eigenvalue weighted by Crippen LogP contribution is -2.43. The Hall–Kier alpha value is -3.43. The van der Waals surface area contributed by atoms with Crippen LogP contribution in [0.3, 0.4) is 0 Å². The van der Waals surface area contributed by atoms with E-state index in [4.69, 9.17) is 0 Å². The Balaban J connectivity index is 1.12. The number of pyridine rings is 1. The summed E-state index contributed by atoms with van der Waals surface area (Å²) >= 11 is 0. The van der Waals surface area contributed by atoms with Gasteiger partial charge >= 0.3 is 0 Å². The molecule has 5 heterocycles. The molecule has 3 aromatic heterocycles. The predicted molar refractivity (Wildman–Crippen MR) is 152 cm³/mol. The first kappa shape index (κ1) is 25.8. The monoisotopic (exact) mass is 528 g/mol. The van der Waals surface area contributed by atoms with E-state index in [1.54, 1.807) is 0 Å². The van der Waals surface area contributed by atoms with Crippen LogP contribution in [-0.4, -0.2) is 66.5 Å². The Labute approximate surface area is 229 Å². The van der Waals surface area contributed by atoms with Crippen LogP contribution in [0.1, 0.15) is 57.0 Å². The van der Waals surface area contributed by atoms with E-state index in [0.29, 0.717) is 28.4 Å². The maximum Gasteiger partial charge on any atom is 0.151 e. The fourth-order valence-electron chi connectivity index (χ4n) is 6.18. The van der Waals surface area contributed by atoms with Gasteiger partial charge in [-0.1, -0.05) is 6.07 Å². The summed E-state index contributed by atoms with van der Waals surface area (Å²) in [4.78, 5) is 23.1. The molecule has 8 nitrogen and oxygen atoms in total. The fraction of sp³-hybridized carbons (Fsp3) is 0.467. The summed E-state index contributed by atoms with van der Waals surface area (Å²) in [5.41, 5.74) is 3.69. The van der Waals surface area contributed by atoms with Crippen molar-refractivity contribution in [1.82, 2.24) is 34.3 Å².